The average Bonchev–Trinajstić information content (AvgIpc) is 1.96. The number of amides is 1. The molecule has 2 nitrogen and oxygen atoms in total. The lowest BCUT2D eigenvalue weighted by molar-refractivity contribution is -0.125. The lowest BCUT2D eigenvalue weighted by Gasteiger charge is -2.11. The fraction of sp³-hybridized carbons (Fsp3) is 0.625. The van der Waals surface area contributed by atoms with E-state index in [2.05, 4.69) is 0 Å². The van der Waals surface area contributed by atoms with Crippen LogP contribution in [0.4, 0.5) is 13.2 Å². The third-order valence-corrected chi connectivity index (χ3v) is 1.48. The molecule has 0 bridgehead atoms. The number of likely N-dealkylation sites (N-methyl/N-ethyl adjacent to an activating group) is 1. The lowest BCUT2D eigenvalue weighted by atomic mass is 10.2. The van der Waals surface area contributed by atoms with E-state index in [1.807, 2.05) is 0 Å². The minimum absolute atomic E-state index is 0.191. The number of hydrogen-bond donors (Lipinski definition) is 0. The topological polar surface area (TPSA) is 20.3 Å². The molecule has 0 fully saturated rings. The SMILES string of the molecule is CC/C(=C\C(=O)N(C)C)C(F)(F)F. The van der Waals surface area contributed by atoms with Crippen LogP contribution in [0.15, 0.2) is 11.6 Å². The van der Waals surface area contributed by atoms with Crippen molar-refractivity contribution in [3.05, 3.63) is 11.6 Å². The van der Waals surface area contributed by atoms with Gasteiger partial charge in [-0.05, 0) is 6.42 Å². The van der Waals surface area contributed by atoms with Gasteiger partial charge < -0.3 is 4.90 Å². The Balaban J connectivity index is 4.68. The summed E-state index contributed by atoms with van der Waals surface area (Å²) in [4.78, 5) is 12.0. The standard InChI is InChI=1S/C8H12F3NO/c1-4-6(8(9,10)11)5-7(13)12(2)3/h5H,4H2,1-3H3/b6-5+. The molecule has 0 unspecified atom stereocenters. The summed E-state index contributed by atoms with van der Waals surface area (Å²) in [6.45, 7) is 1.36. The first kappa shape index (κ1) is 12.0. The molecule has 5 heteroatoms. The van der Waals surface area contributed by atoms with Gasteiger partial charge in [0.2, 0.25) is 5.91 Å². The van der Waals surface area contributed by atoms with Crippen molar-refractivity contribution in [2.75, 3.05) is 14.1 Å². The highest BCUT2D eigenvalue weighted by Gasteiger charge is 2.32. The Bertz CT molecular complexity index is 218. The van der Waals surface area contributed by atoms with Crippen molar-refractivity contribution in [3.63, 3.8) is 0 Å². The number of allylic oxidation sites excluding steroid dienone is 1. The van der Waals surface area contributed by atoms with Crippen LogP contribution in [-0.2, 0) is 4.79 Å². The second kappa shape index (κ2) is 4.30. The molecular weight excluding hydrogens is 183 g/mol. The maximum absolute atomic E-state index is 12.1. The minimum atomic E-state index is -4.40. The van der Waals surface area contributed by atoms with E-state index in [0.717, 1.165) is 4.90 Å². The zero-order valence-corrected chi connectivity index (χ0v) is 7.77. The van der Waals surface area contributed by atoms with Gasteiger partial charge >= 0.3 is 6.18 Å². The molecule has 0 aliphatic rings. The molecule has 1 amide bonds. The van der Waals surface area contributed by atoms with Crippen molar-refractivity contribution in [2.45, 2.75) is 19.5 Å². The predicted molar refractivity (Wildman–Crippen MR) is 43.1 cm³/mol. The molecule has 76 valence electrons. The Morgan fingerprint density at radius 2 is 1.85 bits per heavy atom. The molecule has 0 aromatic carbocycles. The van der Waals surface area contributed by atoms with Gasteiger partial charge in [0.05, 0.1) is 0 Å². The lowest BCUT2D eigenvalue weighted by Crippen LogP contribution is -2.22. The molecule has 13 heavy (non-hydrogen) atoms. The number of rotatable bonds is 2. The summed E-state index contributed by atoms with van der Waals surface area (Å²) in [5.41, 5.74) is -0.800. The van der Waals surface area contributed by atoms with E-state index in [-0.39, 0.29) is 6.42 Å². The average molecular weight is 195 g/mol. The van der Waals surface area contributed by atoms with Crippen molar-refractivity contribution in [1.29, 1.82) is 0 Å². The second-order valence-electron chi connectivity index (χ2n) is 2.75. The maximum atomic E-state index is 12.1. The van der Waals surface area contributed by atoms with E-state index in [0.29, 0.717) is 6.08 Å². The predicted octanol–water partition coefficient (Wildman–Crippen LogP) is 1.97. The third-order valence-electron chi connectivity index (χ3n) is 1.48. The molecule has 0 rings (SSSR count). The van der Waals surface area contributed by atoms with Crippen molar-refractivity contribution >= 4 is 5.91 Å². The van der Waals surface area contributed by atoms with E-state index < -0.39 is 17.7 Å². The van der Waals surface area contributed by atoms with Gasteiger partial charge in [-0.2, -0.15) is 13.2 Å². The second-order valence-corrected chi connectivity index (χ2v) is 2.75. The summed E-state index contributed by atoms with van der Waals surface area (Å²) in [7, 11) is 2.81. The summed E-state index contributed by atoms with van der Waals surface area (Å²) in [6, 6.07) is 0. The first-order valence-corrected chi connectivity index (χ1v) is 3.78. The number of nitrogens with zero attached hydrogens (tertiary/aromatic N) is 1. The summed E-state index contributed by atoms with van der Waals surface area (Å²) >= 11 is 0. The summed E-state index contributed by atoms with van der Waals surface area (Å²) in [5, 5.41) is 0. The number of halogens is 3. The third kappa shape index (κ3) is 3.96. The maximum Gasteiger partial charge on any atom is 0.412 e. The fourth-order valence-corrected chi connectivity index (χ4v) is 0.662. The van der Waals surface area contributed by atoms with Crippen LogP contribution in [0.5, 0.6) is 0 Å². The first-order valence-electron chi connectivity index (χ1n) is 3.78. The number of hydrogen-bond acceptors (Lipinski definition) is 1. The number of carbonyl (C=O) groups excluding carboxylic acids is 1. The molecule has 0 aliphatic carbocycles. The molecule has 0 aromatic rings. The Kier molecular flexibility index (Phi) is 3.97. The molecule has 0 saturated heterocycles. The molecule has 0 atom stereocenters. The van der Waals surface area contributed by atoms with Crippen LogP contribution < -0.4 is 0 Å². The highest BCUT2D eigenvalue weighted by molar-refractivity contribution is 5.88. The Labute approximate surface area is 75.0 Å². The fourth-order valence-electron chi connectivity index (χ4n) is 0.662. The van der Waals surface area contributed by atoms with E-state index >= 15 is 0 Å². The summed E-state index contributed by atoms with van der Waals surface area (Å²) < 4.78 is 36.3. The largest absolute Gasteiger partial charge is 0.412 e. The quantitative estimate of drug-likeness (QED) is 0.617. The highest BCUT2D eigenvalue weighted by Crippen LogP contribution is 2.27. The minimum Gasteiger partial charge on any atom is -0.345 e. The zero-order valence-electron chi connectivity index (χ0n) is 7.77. The van der Waals surface area contributed by atoms with Crippen molar-refractivity contribution in [1.82, 2.24) is 4.90 Å². The van der Waals surface area contributed by atoms with Crippen molar-refractivity contribution < 1.29 is 18.0 Å². The Morgan fingerprint density at radius 3 is 2.08 bits per heavy atom. The van der Waals surface area contributed by atoms with Crippen LogP contribution in [0.3, 0.4) is 0 Å². The van der Waals surface area contributed by atoms with Crippen LogP contribution in [0.1, 0.15) is 13.3 Å². The van der Waals surface area contributed by atoms with Gasteiger partial charge in [-0.25, -0.2) is 0 Å². The van der Waals surface area contributed by atoms with Gasteiger partial charge in [-0.3, -0.25) is 4.79 Å². The van der Waals surface area contributed by atoms with Gasteiger partial charge in [-0.15, -0.1) is 0 Å². The van der Waals surface area contributed by atoms with Crippen LogP contribution >= 0.6 is 0 Å². The molecule has 0 saturated carbocycles. The van der Waals surface area contributed by atoms with Gasteiger partial charge in [0.1, 0.15) is 0 Å². The smallest absolute Gasteiger partial charge is 0.345 e. The molecular formula is C8H12F3NO. The van der Waals surface area contributed by atoms with Gasteiger partial charge in [0.25, 0.3) is 0 Å². The monoisotopic (exact) mass is 195 g/mol. The van der Waals surface area contributed by atoms with Crippen LogP contribution in [0.25, 0.3) is 0 Å². The Hall–Kier alpha value is -1.00. The normalized spacial score (nSPS) is 12.9. The van der Waals surface area contributed by atoms with Crippen molar-refractivity contribution in [3.8, 4) is 0 Å². The summed E-state index contributed by atoms with van der Waals surface area (Å²) in [6.07, 6.45) is -3.97. The number of alkyl halides is 3. The van der Waals surface area contributed by atoms with Gasteiger partial charge in [-0.1, -0.05) is 6.92 Å². The van der Waals surface area contributed by atoms with E-state index in [9.17, 15) is 18.0 Å². The van der Waals surface area contributed by atoms with Crippen LogP contribution in [0.2, 0.25) is 0 Å². The van der Waals surface area contributed by atoms with E-state index in [1.165, 1.54) is 21.0 Å². The first-order chi connectivity index (χ1) is 5.79. The van der Waals surface area contributed by atoms with E-state index in [4.69, 9.17) is 0 Å². The summed E-state index contributed by atoms with van der Waals surface area (Å²) in [5.74, 6) is -0.644. The molecule has 0 spiro atoms. The van der Waals surface area contributed by atoms with Crippen LogP contribution in [0, 0.1) is 0 Å². The molecule has 0 aliphatic heterocycles. The van der Waals surface area contributed by atoms with Gasteiger partial charge in [0, 0.05) is 25.7 Å². The number of carbonyl (C=O) groups is 1. The zero-order chi connectivity index (χ0) is 10.6. The van der Waals surface area contributed by atoms with Crippen LogP contribution in [-0.4, -0.2) is 31.1 Å². The molecule has 0 radical (unpaired) electrons. The highest BCUT2D eigenvalue weighted by atomic mass is 19.4. The van der Waals surface area contributed by atoms with Crippen molar-refractivity contribution in [2.24, 2.45) is 0 Å². The Morgan fingerprint density at radius 1 is 1.38 bits per heavy atom. The molecule has 0 heterocycles. The molecule has 0 N–H and O–H groups in total. The van der Waals surface area contributed by atoms with Gasteiger partial charge in [0.15, 0.2) is 0 Å². The van der Waals surface area contributed by atoms with E-state index in [1.54, 1.807) is 0 Å². The molecule has 0 aromatic heterocycles.